The van der Waals surface area contributed by atoms with Gasteiger partial charge in [0.25, 0.3) is 0 Å². The highest BCUT2D eigenvalue weighted by Gasteiger charge is 2.30. The van der Waals surface area contributed by atoms with E-state index in [1.165, 1.54) is 12.8 Å². The number of carbonyl (C=O) groups excluding carboxylic acids is 2. The third kappa shape index (κ3) is 12.1. The molecule has 46 heavy (non-hydrogen) atoms. The molecule has 0 aliphatic heterocycles. The van der Waals surface area contributed by atoms with Crippen LogP contribution in [-0.4, -0.2) is 35.4 Å². The van der Waals surface area contributed by atoms with Gasteiger partial charge in [-0.25, -0.2) is 0 Å². The second-order valence-electron chi connectivity index (χ2n) is 16.2. The van der Waals surface area contributed by atoms with Gasteiger partial charge in [-0.15, -0.1) is 0 Å². The predicted molar refractivity (Wildman–Crippen MR) is 186 cm³/mol. The summed E-state index contributed by atoms with van der Waals surface area (Å²) >= 11 is 0. The average molecular weight is 643 g/mol. The van der Waals surface area contributed by atoms with E-state index >= 15 is 0 Å². The molecule has 0 radical (unpaired) electrons. The van der Waals surface area contributed by atoms with Crippen LogP contribution in [-0.2, 0) is 29.9 Å². The molecule has 1 aromatic rings. The van der Waals surface area contributed by atoms with Crippen LogP contribution in [0.2, 0.25) is 0 Å². The van der Waals surface area contributed by atoms with E-state index in [1.54, 1.807) is 12.1 Å². The quantitative estimate of drug-likeness (QED) is 0.122. The van der Waals surface area contributed by atoms with Gasteiger partial charge in [0, 0.05) is 11.1 Å². The summed E-state index contributed by atoms with van der Waals surface area (Å²) in [7, 11) is 0. The van der Waals surface area contributed by atoms with Gasteiger partial charge in [0.2, 0.25) is 0 Å². The standard InChI is InChI=1S/C40H66O6/c1-29(21-25-45-37(43)31-17-9-7-10-18-31)15-13-23-39(3,4)33-27-36(42)34(28-35(33)41)40(5,6)24-14-16-30(2)22-26-46-38(44)32-19-11-8-12-20-32/h27-32,41-42H,7-26H2,1-6H3. The molecule has 262 valence electrons. The van der Waals surface area contributed by atoms with Crippen molar-refractivity contribution in [2.45, 2.75) is 168 Å². The van der Waals surface area contributed by atoms with Crippen LogP contribution in [0.3, 0.4) is 0 Å². The van der Waals surface area contributed by atoms with E-state index in [-0.39, 0.29) is 46.1 Å². The van der Waals surface area contributed by atoms with Crippen LogP contribution in [0, 0.1) is 23.7 Å². The number of ether oxygens (including phenoxy) is 2. The number of rotatable bonds is 18. The summed E-state index contributed by atoms with van der Waals surface area (Å²) in [5, 5.41) is 22.3. The Morgan fingerprint density at radius 2 is 1.00 bits per heavy atom. The minimum atomic E-state index is -0.284. The number of hydrogen-bond acceptors (Lipinski definition) is 6. The summed E-state index contributed by atoms with van der Waals surface area (Å²) in [5.41, 5.74) is 1.01. The van der Waals surface area contributed by atoms with Crippen molar-refractivity contribution in [3.8, 4) is 11.5 Å². The molecular formula is C40H66O6. The van der Waals surface area contributed by atoms with E-state index in [0.717, 1.165) is 114 Å². The fourth-order valence-corrected chi connectivity index (χ4v) is 7.64. The highest BCUT2D eigenvalue weighted by molar-refractivity contribution is 5.72. The number of hydrogen-bond donors (Lipinski definition) is 2. The lowest BCUT2D eigenvalue weighted by atomic mass is 9.75. The van der Waals surface area contributed by atoms with E-state index < -0.39 is 0 Å². The Kier molecular flexibility index (Phi) is 15.2. The minimum Gasteiger partial charge on any atom is -0.508 e. The average Bonchev–Trinajstić information content (AvgIpc) is 3.02. The number of aromatic hydroxyl groups is 2. The normalized spacial score (nSPS) is 18.2. The van der Waals surface area contributed by atoms with Crippen molar-refractivity contribution in [1.82, 2.24) is 0 Å². The topological polar surface area (TPSA) is 93.1 Å². The number of phenols is 2. The van der Waals surface area contributed by atoms with Gasteiger partial charge in [0.1, 0.15) is 11.5 Å². The summed E-state index contributed by atoms with van der Waals surface area (Å²) in [6, 6.07) is 3.56. The Bertz CT molecular complexity index is 994. The Hall–Kier alpha value is -2.24. The zero-order valence-electron chi connectivity index (χ0n) is 30.1. The zero-order valence-corrected chi connectivity index (χ0v) is 30.1. The molecular weight excluding hydrogens is 576 g/mol. The van der Waals surface area contributed by atoms with Crippen molar-refractivity contribution >= 4 is 11.9 Å². The number of benzene rings is 1. The molecule has 6 nitrogen and oxygen atoms in total. The van der Waals surface area contributed by atoms with Crippen LogP contribution in [0.4, 0.5) is 0 Å². The molecule has 0 amide bonds. The van der Waals surface area contributed by atoms with Crippen molar-refractivity contribution in [2.75, 3.05) is 13.2 Å². The molecule has 0 heterocycles. The maximum Gasteiger partial charge on any atom is 0.308 e. The molecule has 6 heteroatoms. The lowest BCUT2D eigenvalue weighted by molar-refractivity contribution is -0.150. The molecule has 2 aliphatic rings. The monoisotopic (exact) mass is 642 g/mol. The largest absolute Gasteiger partial charge is 0.508 e. The summed E-state index contributed by atoms with van der Waals surface area (Å²) in [6.45, 7) is 14.0. The highest BCUT2D eigenvalue weighted by atomic mass is 16.5. The fourth-order valence-electron chi connectivity index (χ4n) is 7.64. The molecule has 0 bridgehead atoms. The molecule has 3 rings (SSSR count). The van der Waals surface area contributed by atoms with Gasteiger partial charge < -0.3 is 19.7 Å². The Morgan fingerprint density at radius 3 is 1.35 bits per heavy atom. The summed E-state index contributed by atoms with van der Waals surface area (Å²) in [5.74, 6) is 1.62. The first-order valence-electron chi connectivity index (χ1n) is 18.7. The van der Waals surface area contributed by atoms with Crippen LogP contribution in [0.1, 0.15) is 168 Å². The van der Waals surface area contributed by atoms with Crippen molar-refractivity contribution in [3.05, 3.63) is 23.3 Å². The van der Waals surface area contributed by atoms with Gasteiger partial charge in [-0.1, -0.05) is 106 Å². The van der Waals surface area contributed by atoms with Gasteiger partial charge in [-0.2, -0.15) is 0 Å². The van der Waals surface area contributed by atoms with Crippen LogP contribution in [0.25, 0.3) is 0 Å². The Morgan fingerprint density at radius 1 is 0.652 bits per heavy atom. The summed E-state index contributed by atoms with van der Waals surface area (Å²) in [6.07, 6.45) is 18.5. The summed E-state index contributed by atoms with van der Waals surface area (Å²) in [4.78, 5) is 24.6. The lowest BCUT2D eigenvalue weighted by Gasteiger charge is -2.31. The predicted octanol–water partition coefficient (Wildman–Crippen LogP) is 10.3. The van der Waals surface area contributed by atoms with E-state index in [1.807, 2.05) is 0 Å². The van der Waals surface area contributed by atoms with Crippen molar-refractivity contribution in [2.24, 2.45) is 23.7 Å². The number of phenolic OH excluding ortho intramolecular Hbond substituents is 2. The van der Waals surface area contributed by atoms with Gasteiger partial charge in [-0.3, -0.25) is 9.59 Å². The minimum absolute atomic E-state index is 0.00595. The number of carbonyl (C=O) groups is 2. The smallest absolute Gasteiger partial charge is 0.308 e. The first-order valence-corrected chi connectivity index (χ1v) is 18.7. The van der Waals surface area contributed by atoms with E-state index in [0.29, 0.717) is 25.0 Å². The van der Waals surface area contributed by atoms with Crippen molar-refractivity contribution < 1.29 is 29.3 Å². The second kappa shape index (κ2) is 18.3. The van der Waals surface area contributed by atoms with Gasteiger partial charge in [0.15, 0.2) is 0 Å². The van der Waals surface area contributed by atoms with Gasteiger partial charge >= 0.3 is 11.9 Å². The molecule has 2 unspecified atom stereocenters. The summed E-state index contributed by atoms with van der Waals surface area (Å²) < 4.78 is 11.2. The molecule has 2 N–H and O–H groups in total. The molecule has 1 aromatic carbocycles. The van der Waals surface area contributed by atoms with Crippen LogP contribution in [0.15, 0.2) is 12.1 Å². The maximum atomic E-state index is 12.3. The molecule has 2 aliphatic carbocycles. The first kappa shape index (κ1) is 38.2. The molecule has 0 saturated heterocycles. The van der Waals surface area contributed by atoms with Crippen molar-refractivity contribution in [3.63, 3.8) is 0 Å². The van der Waals surface area contributed by atoms with Crippen molar-refractivity contribution in [1.29, 1.82) is 0 Å². The fraction of sp³-hybridized carbons (Fsp3) is 0.800. The van der Waals surface area contributed by atoms with E-state index in [9.17, 15) is 19.8 Å². The van der Waals surface area contributed by atoms with Gasteiger partial charge in [-0.05, 0) is 86.2 Å². The highest BCUT2D eigenvalue weighted by Crippen LogP contribution is 2.44. The van der Waals surface area contributed by atoms with Crippen LogP contribution >= 0.6 is 0 Å². The molecule has 0 spiro atoms. The van der Waals surface area contributed by atoms with Gasteiger partial charge in [0.05, 0.1) is 25.0 Å². The molecule has 2 atom stereocenters. The third-order valence-corrected chi connectivity index (χ3v) is 11.2. The maximum absolute atomic E-state index is 12.3. The Balaban J connectivity index is 1.40. The second-order valence-corrected chi connectivity index (χ2v) is 16.2. The van der Waals surface area contributed by atoms with Crippen LogP contribution in [0.5, 0.6) is 11.5 Å². The molecule has 2 fully saturated rings. The SMILES string of the molecule is CC(CCCC(C)(C)c1cc(O)c(C(C)(C)CCCC(C)CCOC(=O)C2CCCCC2)cc1O)CCOC(=O)C1CCCCC1. The first-order chi connectivity index (χ1) is 21.8. The van der Waals surface area contributed by atoms with Crippen LogP contribution < -0.4 is 0 Å². The number of esters is 2. The molecule has 2 saturated carbocycles. The van der Waals surface area contributed by atoms with E-state index in [2.05, 4.69) is 41.5 Å². The molecule has 0 aromatic heterocycles. The zero-order chi connectivity index (χ0) is 33.7. The third-order valence-electron chi connectivity index (χ3n) is 11.2. The lowest BCUT2D eigenvalue weighted by Crippen LogP contribution is -2.22. The van der Waals surface area contributed by atoms with E-state index in [4.69, 9.17) is 9.47 Å². The Labute approximate surface area is 280 Å².